The van der Waals surface area contributed by atoms with E-state index in [4.69, 9.17) is 32.7 Å². The van der Waals surface area contributed by atoms with Gasteiger partial charge in [-0.05, 0) is 18.2 Å². The van der Waals surface area contributed by atoms with Crippen molar-refractivity contribution in [2.75, 3.05) is 25.5 Å². The van der Waals surface area contributed by atoms with E-state index in [-0.39, 0.29) is 39.4 Å². The first-order valence-corrected chi connectivity index (χ1v) is 10.3. The van der Waals surface area contributed by atoms with E-state index in [9.17, 15) is 9.18 Å². The highest BCUT2D eigenvalue weighted by atomic mass is 35.5. The average molecular weight is 478 g/mol. The summed E-state index contributed by atoms with van der Waals surface area (Å²) in [6, 6.07) is 4.57. The fourth-order valence-corrected chi connectivity index (χ4v) is 3.65. The maximum atomic E-state index is 14.5. The van der Waals surface area contributed by atoms with Crippen molar-refractivity contribution in [2.45, 2.75) is 12.5 Å². The monoisotopic (exact) mass is 477 g/mol. The fraction of sp³-hybridized carbons (Fsp3) is 0.238. The minimum atomic E-state index is -0.714. The molecule has 4 rings (SSSR count). The second-order valence-corrected chi connectivity index (χ2v) is 7.74. The molecule has 11 heteroatoms. The molecule has 166 valence electrons. The molecule has 1 aliphatic rings. The summed E-state index contributed by atoms with van der Waals surface area (Å²) in [6.07, 6.45) is 2.95. The topological polar surface area (TPSA) is 89.5 Å². The van der Waals surface area contributed by atoms with Crippen molar-refractivity contribution < 1.29 is 18.7 Å². The number of aromatic nitrogens is 3. The molecule has 0 bridgehead atoms. The number of hydrogen-bond acceptors (Lipinski definition) is 7. The van der Waals surface area contributed by atoms with Gasteiger partial charge in [0.25, 0.3) is 5.88 Å². The van der Waals surface area contributed by atoms with Gasteiger partial charge < -0.3 is 19.7 Å². The minimum Gasteiger partial charge on any atom is -0.491 e. The zero-order chi connectivity index (χ0) is 22.8. The van der Waals surface area contributed by atoms with Crippen LogP contribution < -0.4 is 14.8 Å². The molecule has 1 amide bonds. The number of fused-ring (bicyclic) bond motifs is 1. The molecule has 8 nitrogen and oxygen atoms in total. The third-order valence-corrected chi connectivity index (χ3v) is 5.74. The molecule has 0 unspecified atom stereocenters. The number of rotatable bonds is 6. The van der Waals surface area contributed by atoms with Crippen LogP contribution in [0.4, 0.5) is 15.9 Å². The van der Waals surface area contributed by atoms with Crippen LogP contribution in [0, 0.1) is 5.82 Å². The van der Waals surface area contributed by atoms with Crippen LogP contribution in [0.15, 0.2) is 37.2 Å². The fourth-order valence-electron chi connectivity index (χ4n) is 3.33. The number of pyridine rings is 1. The number of ether oxygens (including phenoxy) is 2. The lowest BCUT2D eigenvalue weighted by molar-refractivity contribution is -0.125. The SMILES string of the molecule is C=CC(=O)N1CC[C@H](Oc2nc3c(Nc4ccc(Cl)c(Cl)c4F)ncnc3cc2OC)C1. The lowest BCUT2D eigenvalue weighted by Crippen LogP contribution is -2.29. The molecule has 3 aromatic rings. The number of nitrogens with zero attached hydrogens (tertiary/aromatic N) is 4. The molecule has 3 heterocycles. The van der Waals surface area contributed by atoms with E-state index in [1.54, 1.807) is 11.0 Å². The first-order valence-electron chi connectivity index (χ1n) is 9.59. The summed E-state index contributed by atoms with van der Waals surface area (Å²) in [7, 11) is 1.49. The zero-order valence-corrected chi connectivity index (χ0v) is 18.5. The highest BCUT2D eigenvalue weighted by molar-refractivity contribution is 6.42. The third-order valence-electron chi connectivity index (χ3n) is 4.96. The number of nitrogens with one attached hydrogen (secondary N) is 1. The predicted molar refractivity (Wildman–Crippen MR) is 119 cm³/mol. The first-order chi connectivity index (χ1) is 15.4. The summed E-state index contributed by atoms with van der Waals surface area (Å²) in [5, 5.41) is 2.78. The summed E-state index contributed by atoms with van der Waals surface area (Å²) < 4.78 is 26.0. The Balaban J connectivity index is 1.67. The van der Waals surface area contributed by atoms with Crippen LogP contribution in [-0.2, 0) is 4.79 Å². The van der Waals surface area contributed by atoms with Gasteiger partial charge in [0.15, 0.2) is 17.4 Å². The minimum absolute atomic E-state index is 0.0776. The van der Waals surface area contributed by atoms with Crippen LogP contribution in [0.1, 0.15) is 6.42 Å². The van der Waals surface area contributed by atoms with Gasteiger partial charge in [-0.1, -0.05) is 29.8 Å². The Morgan fingerprint density at radius 1 is 1.38 bits per heavy atom. The van der Waals surface area contributed by atoms with E-state index in [0.717, 1.165) is 0 Å². The summed E-state index contributed by atoms with van der Waals surface area (Å²) in [4.78, 5) is 26.4. The van der Waals surface area contributed by atoms with Gasteiger partial charge in [0.05, 0.1) is 34.9 Å². The molecule has 1 atom stereocenters. The van der Waals surface area contributed by atoms with Gasteiger partial charge in [-0.15, -0.1) is 0 Å². The number of anilines is 2. The molecular formula is C21H18Cl2FN5O3. The van der Waals surface area contributed by atoms with E-state index >= 15 is 0 Å². The van der Waals surface area contributed by atoms with Gasteiger partial charge in [0.1, 0.15) is 17.9 Å². The lowest BCUT2D eigenvalue weighted by atomic mass is 10.2. The third kappa shape index (κ3) is 4.26. The van der Waals surface area contributed by atoms with E-state index in [0.29, 0.717) is 36.3 Å². The number of methoxy groups -OCH3 is 1. The van der Waals surface area contributed by atoms with Crippen molar-refractivity contribution in [3.05, 3.63) is 53.0 Å². The predicted octanol–water partition coefficient (Wildman–Crippen LogP) is 4.39. The number of carbonyl (C=O) groups excluding carboxylic acids is 1. The molecular weight excluding hydrogens is 460 g/mol. The van der Waals surface area contributed by atoms with Crippen molar-refractivity contribution in [3.63, 3.8) is 0 Å². The second-order valence-electron chi connectivity index (χ2n) is 6.95. The highest BCUT2D eigenvalue weighted by Crippen LogP contribution is 2.35. The molecule has 1 fully saturated rings. The lowest BCUT2D eigenvalue weighted by Gasteiger charge is -2.17. The number of benzene rings is 1. The quantitative estimate of drug-likeness (QED) is 0.415. The van der Waals surface area contributed by atoms with E-state index < -0.39 is 5.82 Å². The van der Waals surface area contributed by atoms with Crippen LogP contribution in [0.3, 0.4) is 0 Å². The molecule has 0 radical (unpaired) electrons. The molecule has 0 aliphatic carbocycles. The summed E-state index contributed by atoms with van der Waals surface area (Å²) >= 11 is 11.8. The molecule has 1 saturated heterocycles. The highest BCUT2D eigenvalue weighted by Gasteiger charge is 2.28. The van der Waals surface area contributed by atoms with Gasteiger partial charge >= 0.3 is 0 Å². The van der Waals surface area contributed by atoms with E-state index in [1.165, 1.54) is 31.6 Å². The standard InChI is InChI=1S/C21H18Cl2FN5O3/c1-3-16(30)29-7-6-11(9-29)32-21-15(31-2)8-14-19(28-21)20(26-10-25-14)27-13-5-4-12(22)17(23)18(13)24/h3-5,8,10-11H,1,6-7,9H2,2H3,(H,25,26,27)/t11-/m0/s1. The molecule has 32 heavy (non-hydrogen) atoms. The Bertz CT molecular complexity index is 1210. The Morgan fingerprint density at radius 2 is 2.19 bits per heavy atom. The smallest absolute Gasteiger partial charge is 0.258 e. The largest absolute Gasteiger partial charge is 0.491 e. The Labute approximate surface area is 193 Å². The van der Waals surface area contributed by atoms with Crippen molar-refractivity contribution in [1.82, 2.24) is 19.9 Å². The Morgan fingerprint density at radius 3 is 2.94 bits per heavy atom. The van der Waals surface area contributed by atoms with Gasteiger partial charge in [0, 0.05) is 19.0 Å². The Hall–Kier alpha value is -3.17. The number of hydrogen-bond donors (Lipinski definition) is 1. The average Bonchev–Trinajstić information content (AvgIpc) is 3.27. The van der Waals surface area contributed by atoms with Crippen LogP contribution in [0.25, 0.3) is 11.0 Å². The van der Waals surface area contributed by atoms with Gasteiger partial charge in [-0.3, -0.25) is 4.79 Å². The normalized spacial score (nSPS) is 15.6. The van der Waals surface area contributed by atoms with Crippen LogP contribution in [-0.4, -0.2) is 52.1 Å². The maximum absolute atomic E-state index is 14.5. The van der Waals surface area contributed by atoms with E-state index in [2.05, 4.69) is 26.8 Å². The number of carbonyl (C=O) groups is 1. The van der Waals surface area contributed by atoms with Crippen molar-refractivity contribution in [2.24, 2.45) is 0 Å². The molecule has 0 spiro atoms. The summed E-state index contributed by atoms with van der Waals surface area (Å²) in [5.41, 5.74) is 0.877. The second kappa shape index (κ2) is 9.13. The summed E-state index contributed by atoms with van der Waals surface area (Å²) in [5.74, 6) is -0.0386. The molecule has 2 aromatic heterocycles. The van der Waals surface area contributed by atoms with Crippen molar-refractivity contribution in [3.8, 4) is 11.6 Å². The number of likely N-dealkylation sites (tertiary alicyclic amines) is 1. The van der Waals surface area contributed by atoms with Gasteiger partial charge in [-0.2, -0.15) is 0 Å². The van der Waals surface area contributed by atoms with Crippen LogP contribution in [0.2, 0.25) is 10.0 Å². The first kappa shape index (κ1) is 22.0. The van der Waals surface area contributed by atoms with Crippen molar-refractivity contribution in [1.29, 1.82) is 0 Å². The van der Waals surface area contributed by atoms with E-state index in [1.807, 2.05) is 0 Å². The van der Waals surface area contributed by atoms with Crippen LogP contribution in [0.5, 0.6) is 11.6 Å². The van der Waals surface area contributed by atoms with Crippen LogP contribution >= 0.6 is 23.2 Å². The molecule has 1 N–H and O–H groups in total. The summed E-state index contributed by atoms with van der Waals surface area (Å²) in [6.45, 7) is 4.46. The number of amides is 1. The van der Waals surface area contributed by atoms with Crippen molar-refractivity contribution >= 4 is 51.6 Å². The van der Waals surface area contributed by atoms with Gasteiger partial charge in [0.2, 0.25) is 5.91 Å². The molecule has 1 aliphatic heterocycles. The van der Waals surface area contributed by atoms with Gasteiger partial charge in [-0.25, -0.2) is 19.3 Å². The molecule has 1 aromatic carbocycles. The zero-order valence-electron chi connectivity index (χ0n) is 16.9. The Kier molecular flexibility index (Phi) is 6.29. The maximum Gasteiger partial charge on any atom is 0.258 e. The number of halogens is 3. The molecule has 0 saturated carbocycles.